The van der Waals surface area contributed by atoms with Gasteiger partial charge in [0.15, 0.2) is 5.96 Å². The molecule has 0 aliphatic carbocycles. The first-order valence-electron chi connectivity index (χ1n) is 10.2. The van der Waals surface area contributed by atoms with Crippen LogP contribution >= 0.6 is 24.0 Å². The average Bonchev–Trinajstić information content (AvgIpc) is 2.68. The van der Waals surface area contributed by atoms with Gasteiger partial charge in [0.1, 0.15) is 0 Å². The highest BCUT2D eigenvalue weighted by Crippen LogP contribution is 2.13. The number of nitro benzene ring substituents is 1. The second kappa shape index (κ2) is 13.3. The van der Waals surface area contributed by atoms with E-state index in [1.165, 1.54) is 12.1 Å². The van der Waals surface area contributed by atoms with Crippen LogP contribution in [0.15, 0.2) is 41.4 Å². The molecule has 172 valence electrons. The van der Waals surface area contributed by atoms with Crippen LogP contribution in [0.25, 0.3) is 0 Å². The van der Waals surface area contributed by atoms with Crippen LogP contribution in [0.4, 0.5) is 5.69 Å². The molecule has 1 saturated heterocycles. The molecule has 9 nitrogen and oxygen atoms in total. The van der Waals surface area contributed by atoms with Gasteiger partial charge in [-0.1, -0.05) is 24.3 Å². The van der Waals surface area contributed by atoms with Crippen molar-refractivity contribution in [2.24, 2.45) is 4.99 Å². The molecule has 1 aliphatic heterocycles. The molecule has 1 aliphatic rings. The second-order valence-corrected chi connectivity index (χ2v) is 7.86. The first kappa shape index (κ1) is 26.8. The molecule has 1 fully saturated rings. The molecule has 0 aromatic heterocycles. The van der Waals surface area contributed by atoms with Crippen molar-refractivity contribution in [1.29, 1.82) is 0 Å². The van der Waals surface area contributed by atoms with Crippen molar-refractivity contribution in [3.63, 3.8) is 0 Å². The Balaban J connectivity index is 0.00000480. The maximum absolute atomic E-state index is 12.0. The van der Waals surface area contributed by atoms with Gasteiger partial charge < -0.3 is 15.5 Å². The number of nitro groups is 1. The van der Waals surface area contributed by atoms with E-state index in [4.69, 9.17) is 4.99 Å². The molecular weight excluding hydrogens is 511 g/mol. The Morgan fingerprint density at radius 2 is 1.84 bits per heavy atom. The van der Waals surface area contributed by atoms with E-state index in [1.807, 2.05) is 20.8 Å². The number of halogens is 1. The van der Waals surface area contributed by atoms with Gasteiger partial charge in [0.05, 0.1) is 18.0 Å². The van der Waals surface area contributed by atoms with Gasteiger partial charge in [-0.15, -0.1) is 24.0 Å². The summed E-state index contributed by atoms with van der Waals surface area (Å²) in [6.07, 6.45) is 0. The maximum Gasteiger partial charge on any atom is 0.269 e. The van der Waals surface area contributed by atoms with Gasteiger partial charge in [0.2, 0.25) is 5.91 Å². The topological polar surface area (TPSA) is 103 Å². The zero-order chi connectivity index (χ0) is 22.1. The Bertz CT molecular complexity index is 774. The molecule has 0 unspecified atom stereocenters. The number of nitrogens with zero attached hydrogens (tertiary/aromatic N) is 4. The lowest BCUT2D eigenvalue weighted by Crippen LogP contribution is -2.54. The van der Waals surface area contributed by atoms with Crippen LogP contribution in [-0.4, -0.2) is 71.9 Å². The number of hydrogen-bond acceptors (Lipinski definition) is 5. The number of carbonyl (C=O) groups excluding carboxylic acids is 1. The Kier molecular flexibility index (Phi) is 11.5. The van der Waals surface area contributed by atoms with E-state index in [1.54, 1.807) is 12.1 Å². The lowest BCUT2D eigenvalue weighted by atomic mass is 10.2. The predicted octanol–water partition coefficient (Wildman–Crippen LogP) is 2.38. The van der Waals surface area contributed by atoms with Gasteiger partial charge in [-0.3, -0.25) is 19.8 Å². The fraction of sp³-hybridized carbons (Fsp3) is 0.524. The van der Waals surface area contributed by atoms with Gasteiger partial charge >= 0.3 is 0 Å². The molecule has 31 heavy (non-hydrogen) atoms. The van der Waals surface area contributed by atoms with E-state index in [0.717, 1.165) is 43.3 Å². The molecule has 2 N–H and O–H groups in total. The van der Waals surface area contributed by atoms with Gasteiger partial charge in [-0.2, -0.15) is 0 Å². The normalized spacial score (nSPS) is 14.7. The number of aliphatic imine (C=N–C) groups is 1. The zero-order valence-corrected chi connectivity index (χ0v) is 20.8. The van der Waals surface area contributed by atoms with Crippen molar-refractivity contribution in [1.82, 2.24) is 20.4 Å². The quantitative estimate of drug-likeness (QED) is 0.130. The Labute approximate surface area is 201 Å². The third-order valence-corrected chi connectivity index (χ3v) is 4.60. The molecule has 1 aromatic rings. The summed E-state index contributed by atoms with van der Waals surface area (Å²) in [5.74, 6) is 0.827. The van der Waals surface area contributed by atoms with Crippen LogP contribution in [-0.2, 0) is 11.3 Å². The van der Waals surface area contributed by atoms with E-state index in [-0.39, 0.29) is 41.6 Å². The van der Waals surface area contributed by atoms with Crippen molar-refractivity contribution >= 4 is 41.5 Å². The second-order valence-electron chi connectivity index (χ2n) is 7.86. The van der Waals surface area contributed by atoms with Gasteiger partial charge in [-0.25, -0.2) is 4.99 Å². The summed E-state index contributed by atoms with van der Waals surface area (Å²) in [5, 5.41) is 17.1. The number of rotatable bonds is 8. The minimum absolute atomic E-state index is 0. The number of hydrogen-bond donors (Lipinski definition) is 2. The summed E-state index contributed by atoms with van der Waals surface area (Å²) in [6.45, 7) is 14.3. The minimum Gasteiger partial charge on any atom is -0.353 e. The largest absolute Gasteiger partial charge is 0.353 e. The number of piperazine rings is 1. The fourth-order valence-corrected chi connectivity index (χ4v) is 3.08. The Morgan fingerprint density at radius 1 is 1.23 bits per heavy atom. The first-order valence-corrected chi connectivity index (χ1v) is 10.2. The molecule has 0 bridgehead atoms. The highest BCUT2D eigenvalue weighted by Gasteiger charge is 2.21. The summed E-state index contributed by atoms with van der Waals surface area (Å²) in [6, 6.07) is 6.58. The number of benzene rings is 1. The lowest BCUT2D eigenvalue weighted by molar-refractivity contribution is -0.384. The zero-order valence-electron chi connectivity index (χ0n) is 18.5. The first-order chi connectivity index (χ1) is 14.2. The highest BCUT2D eigenvalue weighted by molar-refractivity contribution is 14.0. The summed E-state index contributed by atoms with van der Waals surface area (Å²) in [4.78, 5) is 31.4. The molecule has 0 radical (unpaired) electrons. The number of non-ortho nitro benzene ring substituents is 1. The monoisotopic (exact) mass is 544 g/mol. The summed E-state index contributed by atoms with van der Waals surface area (Å²) >= 11 is 0. The van der Waals surface area contributed by atoms with Gasteiger partial charge in [0, 0.05) is 50.9 Å². The summed E-state index contributed by atoms with van der Waals surface area (Å²) < 4.78 is 0. The molecular formula is C21H33IN6O3. The van der Waals surface area contributed by atoms with Crippen LogP contribution < -0.4 is 10.6 Å². The average molecular weight is 544 g/mol. The van der Waals surface area contributed by atoms with E-state index in [2.05, 4.69) is 27.0 Å². The van der Waals surface area contributed by atoms with Gasteiger partial charge in [-0.05, 0) is 26.3 Å². The molecule has 1 amide bonds. The van der Waals surface area contributed by atoms with Crippen molar-refractivity contribution in [3.8, 4) is 0 Å². The number of amides is 1. The van der Waals surface area contributed by atoms with E-state index >= 15 is 0 Å². The fourth-order valence-electron chi connectivity index (χ4n) is 3.08. The van der Waals surface area contributed by atoms with Crippen molar-refractivity contribution in [2.75, 3.05) is 39.3 Å². The number of nitrogens with one attached hydrogen (secondary N) is 2. The third-order valence-electron chi connectivity index (χ3n) is 4.60. The van der Waals surface area contributed by atoms with Gasteiger partial charge in [0.25, 0.3) is 5.69 Å². The molecule has 1 aromatic carbocycles. The summed E-state index contributed by atoms with van der Waals surface area (Å²) in [7, 11) is 0. The van der Waals surface area contributed by atoms with Crippen LogP contribution in [0.5, 0.6) is 0 Å². The van der Waals surface area contributed by atoms with Crippen LogP contribution in [0.1, 0.15) is 26.3 Å². The van der Waals surface area contributed by atoms with Crippen LogP contribution in [0, 0.1) is 10.1 Å². The number of guanidine groups is 1. The standard InChI is InChI=1S/C21H32N6O3.HI/c1-16(2)13-22-21(23-14-18-5-7-19(8-6-18)27(29)30)26-11-9-25(10-12-26)15-20(28)24-17(3)4;/h5-8,17H,1,9-15H2,2-4H3,(H,22,23)(H,24,28);1H. The predicted molar refractivity (Wildman–Crippen MR) is 134 cm³/mol. The Morgan fingerprint density at radius 3 is 2.35 bits per heavy atom. The summed E-state index contributed by atoms with van der Waals surface area (Å²) in [5.41, 5.74) is 1.97. The smallest absolute Gasteiger partial charge is 0.269 e. The van der Waals surface area contributed by atoms with E-state index < -0.39 is 4.92 Å². The lowest BCUT2D eigenvalue weighted by Gasteiger charge is -2.36. The molecule has 0 spiro atoms. The third kappa shape index (κ3) is 9.64. The highest BCUT2D eigenvalue weighted by atomic mass is 127. The Hall–Kier alpha value is -2.21. The van der Waals surface area contributed by atoms with Crippen LogP contribution in [0.3, 0.4) is 0 Å². The van der Waals surface area contributed by atoms with Crippen molar-refractivity contribution in [2.45, 2.75) is 33.4 Å². The van der Waals surface area contributed by atoms with Crippen LogP contribution in [0.2, 0.25) is 0 Å². The van der Waals surface area contributed by atoms with Crippen molar-refractivity contribution in [3.05, 3.63) is 52.1 Å². The van der Waals surface area contributed by atoms with Crippen molar-refractivity contribution < 1.29 is 9.72 Å². The number of carbonyl (C=O) groups is 1. The van der Waals surface area contributed by atoms with E-state index in [9.17, 15) is 14.9 Å². The maximum atomic E-state index is 12.0. The minimum atomic E-state index is -0.409. The molecule has 1 heterocycles. The molecule has 0 atom stereocenters. The molecule has 10 heteroatoms. The van der Waals surface area contributed by atoms with E-state index in [0.29, 0.717) is 19.6 Å². The molecule has 0 saturated carbocycles. The SMILES string of the molecule is C=C(C)CNC(=NCc1ccc([N+](=O)[O-])cc1)N1CCN(CC(=O)NC(C)C)CC1.I. The molecule has 2 rings (SSSR count).